The number of hydrogen-bond acceptors (Lipinski definition) is 4. The Morgan fingerprint density at radius 2 is 1.77 bits per heavy atom. The van der Waals surface area contributed by atoms with Gasteiger partial charge < -0.3 is 10.1 Å². The van der Waals surface area contributed by atoms with E-state index in [0.717, 1.165) is 17.8 Å². The van der Waals surface area contributed by atoms with Crippen LogP contribution in [0.2, 0.25) is 0 Å². The number of rotatable bonds is 7. The van der Waals surface area contributed by atoms with Crippen molar-refractivity contribution in [3.63, 3.8) is 0 Å². The van der Waals surface area contributed by atoms with Gasteiger partial charge in [0.25, 0.3) is 5.91 Å². The minimum absolute atomic E-state index is 0.185. The first-order chi connectivity index (χ1) is 14.7. The van der Waals surface area contributed by atoms with Gasteiger partial charge in [-0.1, -0.05) is 19.1 Å². The molecule has 0 bridgehead atoms. The van der Waals surface area contributed by atoms with Crippen LogP contribution in [0, 0.1) is 0 Å². The molecule has 4 aromatic rings. The Morgan fingerprint density at radius 1 is 1.03 bits per heavy atom. The van der Waals surface area contributed by atoms with Crippen molar-refractivity contribution in [1.82, 2.24) is 14.4 Å². The number of fused-ring (bicyclic) bond motifs is 1. The van der Waals surface area contributed by atoms with E-state index in [9.17, 15) is 4.79 Å². The number of pyridine rings is 2. The first-order valence-corrected chi connectivity index (χ1v) is 10.1. The summed E-state index contributed by atoms with van der Waals surface area (Å²) in [4.78, 5) is 21.8. The van der Waals surface area contributed by atoms with E-state index < -0.39 is 0 Å². The smallest absolute Gasteiger partial charge is 0.274 e. The van der Waals surface area contributed by atoms with Gasteiger partial charge in [-0.2, -0.15) is 0 Å². The normalized spacial score (nSPS) is 10.9. The van der Waals surface area contributed by atoms with E-state index in [1.165, 1.54) is 11.1 Å². The van der Waals surface area contributed by atoms with Crippen LogP contribution in [0.5, 0.6) is 5.75 Å². The quantitative estimate of drug-likeness (QED) is 0.495. The van der Waals surface area contributed by atoms with Crippen LogP contribution in [-0.2, 0) is 12.8 Å². The number of carbonyl (C=O) groups excluding carboxylic acids is 1. The van der Waals surface area contributed by atoms with E-state index in [4.69, 9.17) is 4.74 Å². The van der Waals surface area contributed by atoms with Gasteiger partial charge in [0, 0.05) is 24.3 Å². The minimum atomic E-state index is -0.185. The number of benzene rings is 1. The molecule has 0 unspecified atom stereocenters. The lowest BCUT2D eigenvalue weighted by Crippen LogP contribution is -2.16. The molecule has 3 heterocycles. The molecule has 0 spiro atoms. The Kier molecular flexibility index (Phi) is 5.75. The van der Waals surface area contributed by atoms with Gasteiger partial charge in [-0.15, -0.1) is 0 Å². The molecule has 0 aliphatic rings. The standard InChI is InChI=1S/C24H24N4O2/c1-3-20-22(28-15-5-6-21(30-4-2)23(28)27-20)24(29)26-19-9-7-17(8-10-19)16-18-11-13-25-14-12-18/h5-15H,3-4,16H2,1-2H3,(H,26,29). The second-order valence-corrected chi connectivity index (χ2v) is 6.94. The highest BCUT2D eigenvalue weighted by molar-refractivity contribution is 6.04. The van der Waals surface area contributed by atoms with Crippen molar-refractivity contribution in [3.8, 4) is 5.75 Å². The second kappa shape index (κ2) is 8.78. The summed E-state index contributed by atoms with van der Waals surface area (Å²) < 4.78 is 7.48. The maximum atomic E-state index is 13.1. The molecule has 0 radical (unpaired) electrons. The molecule has 4 rings (SSSR count). The summed E-state index contributed by atoms with van der Waals surface area (Å²) in [6.45, 7) is 4.47. The predicted octanol–water partition coefficient (Wildman–Crippen LogP) is 4.53. The maximum Gasteiger partial charge on any atom is 0.274 e. The van der Waals surface area contributed by atoms with Gasteiger partial charge in [-0.25, -0.2) is 4.98 Å². The lowest BCUT2D eigenvalue weighted by molar-refractivity contribution is 0.102. The van der Waals surface area contributed by atoms with Crippen LogP contribution in [-0.4, -0.2) is 26.9 Å². The predicted molar refractivity (Wildman–Crippen MR) is 117 cm³/mol. The number of nitrogens with zero attached hydrogens (tertiary/aromatic N) is 3. The van der Waals surface area contributed by atoms with E-state index >= 15 is 0 Å². The average Bonchev–Trinajstić information content (AvgIpc) is 3.16. The fourth-order valence-corrected chi connectivity index (χ4v) is 3.48. The average molecular weight is 400 g/mol. The Bertz CT molecular complexity index is 1150. The van der Waals surface area contributed by atoms with E-state index in [2.05, 4.69) is 15.3 Å². The van der Waals surface area contributed by atoms with Crippen LogP contribution in [0.25, 0.3) is 5.65 Å². The van der Waals surface area contributed by atoms with Crippen molar-refractivity contribution in [2.45, 2.75) is 26.7 Å². The van der Waals surface area contributed by atoms with Crippen LogP contribution in [0.1, 0.15) is 41.2 Å². The Hall–Kier alpha value is -3.67. The SMILES string of the molecule is CCOc1cccn2c(C(=O)Nc3ccc(Cc4ccncc4)cc3)c(CC)nc12. The largest absolute Gasteiger partial charge is 0.490 e. The van der Waals surface area contributed by atoms with Crippen molar-refractivity contribution >= 4 is 17.2 Å². The Labute approximate surface area is 175 Å². The number of hydrogen-bond donors (Lipinski definition) is 1. The minimum Gasteiger partial charge on any atom is -0.490 e. The van der Waals surface area contributed by atoms with Gasteiger partial charge in [0.1, 0.15) is 5.69 Å². The second-order valence-electron chi connectivity index (χ2n) is 6.94. The summed E-state index contributed by atoms with van der Waals surface area (Å²) in [5.74, 6) is 0.490. The van der Waals surface area contributed by atoms with Crippen molar-refractivity contribution < 1.29 is 9.53 Å². The molecule has 6 heteroatoms. The number of aryl methyl sites for hydroxylation is 1. The molecular formula is C24H24N4O2. The fraction of sp³-hybridized carbons (Fsp3) is 0.208. The third kappa shape index (κ3) is 4.03. The van der Waals surface area contributed by atoms with Gasteiger partial charge in [0.05, 0.1) is 12.3 Å². The third-order valence-corrected chi connectivity index (χ3v) is 4.91. The summed E-state index contributed by atoms with van der Waals surface area (Å²) in [5, 5.41) is 3.00. The van der Waals surface area contributed by atoms with E-state index in [1.54, 1.807) is 16.8 Å². The molecule has 0 fully saturated rings. The van der Waals surface area contributed by atoms with E-state index in [1.807, 2.05) is 68.6 Å². The molecular weight excluding hydrogens is 376 g/mol. The van der Waals surface area contributed by atoms with Gasteiger partial charge >= 0.3 is 0 Å². The first kappa shape index (κ1) is 19.6. The summed E-state index contributed by atoms with van der Waals surface area (Å²) in [5.41, 5.74) is 5.06. The van der Waals surface area contributed by atoms with Crippen LogP contribution in [0.4, 0.5) is 5.69 Å². The molecule has 3 aromatic heterocycles. The van der Waals surface area contributed by atoms with E-state index in [0.29, 0.717) is 30.1 Å². The Morgan fingerprint density at radius 3 is 2.47 bits per heavy atom. The summed E-state index contributed by atoms with van der Waals surface area (Å²) in [6.07, 6.45) is 6.91. The molecule has 0 saturated carbocycles. The Balaban J connectivity index is 1.56. The zero-order valence-electron chi connectivity index (χ0n) is 17.1. The number of nitrogens with one attached hydrogen (secondary N) is 1. The molecule has 30 heavy (non-hydrogen) atoms. The topological polar surface area (TPSA) is 68.5 Å². The van der Waals surface area contributed by atoms with E-state index in [-0.39, 0.29) is 5.91 Å². The van der Waals surface area contributed by atoms with Crippen LogP contribution in [0.3, 0.4) is 0 Å². The van der Waals surface area contributed by atoms with Crippen molar-refractivity contribution in [3.05, 3.63) is 89.6 Å². The van der Waals surface area contributed by atoms with Gasteiger partial charge in [-0.05, 0) is 67.3 Å². The number of imidazole rings is 1. The monoisotopic (exact) mass is 400 g/mol. The molecule has 0 saturated heterocycles. The molecule has 1 N–H and O–H groups in total. The van der Waals surface area contributed by atoms with Crippen LogP contribution in [0.15, 0.2) is 67.1 Å². The van der Waals surface area contributed by atoms with Crippen molar-refractivity contribution in [1.29, 1.82) is 0 Å². The van der Waals surface area contributed by atoms with Gasteiger partial charge in [0.2, 0.25) is 0 Å². The lowest BCUT2D eigenvalue weighted by atomic mass is 10.1. The number of ether oxygens (including phenoxy) is 1. The zero-order valence-corrected chi connectivity index (χ0v) is 17.1. The van der Waals surface area contributed by atoms with Crippen LogP contribution < -0.4 is 10.1 Å². The highest BCUT2D eigenvalue weighted by atomic mass is 16.5. The highest BCUT2D eigenvalue weighted by Gasteiger charge is 2.20. The molecule has 6 nitrogen and oxygen atoms in total. The molecule has 0 aliphatic carbocycles. The molecule has 0 aliphatic heterocycles. The molecule has 152 valence electrons. The van der Waals surface area contributed by atoms with Crippen molar-refractivity contribution in [2.75, 3.05) is 11.9 Å². The lowest BCUT2D eigenvalue weighted by Gasteiger charge is -2.09. The van der Waals surface area contributed by atoms with Crippen LogP contribution >= 0.6 is 0 Å². The summed E-state index contributed by atoms with van der Waals surface area (Å²) in [6, 6.07) is 15.6. The summed E-state index contributed by atoms with van der Waals surface area (Å²) >= 11 is 0. The highest BCUT2D eigenvalue weighted by Crippen LogP contribution is 2.24. The molecule has 0 atom stereocenters. The van der Waals surface area contributed by atoms with Crippen molar-refractivity contribution in [2.24, 2.45) is 0 Å². The number of amides is 1. The number of anilines is 1. The molecule has 1 amide bonds. The zero-order chi connectivity index (χ0) is 20.9. The summed E-state index contributed by atoms with van der Waals surface area (Å²) in [7, 11) is 0. The third-order valence-electron chi connectivity index (χ3n) is 4.91. The fourth-order valence-electron chi connectivity index (χ4n) is 3.48. The van der Waals surface area contributed by atoms with Gasteiger partial charge in [0.15, 0.2) is 11.4 Å². The molecule has 1 aromatic carbocycles. The number of aromatic nitrogens is 3. The maximum absolute atomic E-state index is 13.1. The van der Waals surface area contributed by atoms with Gasteiger partial charge in [-0.3, -0.25) is 14.2 Å². The number of carbonyl (C=O) groups is 1. The first-order valence-electron chi connectivity index (χ1n) is 10.1.